The van der Waals surface area contributed by atoms with Crippen LogP contribution in [0.2, 0.25) is 0 Å². The summed E-state index contributed by atoms with van der Waals surface area (Å²) in [5.41, 5.74) is 0.828. The van der Waals surface area contributed by atoms with Gasteiger partial charge in [-0.1, -0.05) is 13.8 Å². The van der Waals surface area contributed by atoms with Crippen LogP contribution in [0.15, 0.2) is 4.42 Å². The fourth-order valence-corrected chi connectivity index (χ4v) is 3.23. The summed E-state index contributed by atoms with van der Waals surface area (Å²) in [6.45, 7) is 9.09. The van der Waals surface area contributed by atoms with Crippen LogP contribution in [0, 0.1) is 13.8 Å². The van der Waals surface area contributed by atoms with Gasteiger partial charge in [0.2, 0.25) is 11.8 Å². The summed E-state index contributed by atoms with van der Waals surface area (Å²) in [5.74, 6) is 1.15. The number of thiazole rings is 1. The monoisotopic (exact) mass is 351 g/mol. The minimum absolute atomic E-state index is 0.159. The molecule has 1 atom stereocenters. The summed E-state index contributed by atoms with van der Waals surface area (Å²) in [5, 5.41) is 12.7. The van der Waals surface area contributed by atoms with E-state index in [1.165, 1.54) is 11.3 Å². The molecule has 1 saturated heterocycles. The number of aryl methyl sites for hydroxylation is 2. The lowest BCUT2D eigenvalue weighted by Gasteiger charge is -2.31. The first-order valence-electron chi connectivity index (χ1n) is 7.89. The first-order valence-corrected chi connectivity index (χ1v) is 8.70. The topological polar surface area (TPSA) is 93.4 Å². The number of morpholine rings is 1. The van der Waals surface area contributed by atoms with Crippen LogP contribution < -0.4 is 5.32 Å². The molecular formula is C15H21N5O3S. The molecule has 3 heterocycles. The molecule has 2 aromatic heterocycles. The van der Waals surface area contributed by atoms with E-state index in [4.69, 9.17) is 9.15 Å². The molecule has 8 nitrogen and oxygen atoms in total. The number of carbonyl (C=O) groups is 1. The lowest BCUT2D eigenvalue weighted by atomic mass is 10.2. The number of rotatable bonds is 3. The van der Waals surface area contributed by atoms with Crippen molar-refractivity contribution in [3.05, 3.63) is 22.5 Å². The highest BCUT2D eigenvalue weighted by Gasteiger charge is 2.30. The number of carbonyl (C=O) groups excluding carboxylic acids is 1. The van der Waals surface area contributed by atoms with Crippen molar-refractivity contribution in [2.24, 2.45) is 0 Å². The number of urea groups is 1. The van der Waals surface area contributed by atoms with Crippen LogP contribution in [0.25, 0.3) is 0 Å². The summed E-state index contributed by atoms with van der Waals surface area (Å²) in [7, 11) is 0. The fourth-order valence-electron chi connectivity index (χ4n) is 2.42. The van der Waals surface area contributed by atoms with E-state index in [0.29, 0.717) is 31.5 Å². The van der Waals surface area contributed by atoms with Crippen molar-refractivity contribution in [2.45, 2.75) is 39.7 Å². The zero-order valence-corrected chi connectivity index (χ0v) is 15.0. The molecule has 1 aliphatic rings. The van der Waals surface area contributed by atoms with Gasteiger partial charge in [-0.15, -0.1) is 21.5 Å². The van der Waals surface area contributed by atoms with Crippen LogP contribution in [0.5, 0.6) is 0 Å². The molecule has 3 rings (SSSR count). The molecule has 0 radical (unpaired) electrons. The van der Waals surface area contributed by atoms with Crippen molar-refractivity contribution < 1.29 is 13.9 Å². The molecular weight excluding hydrogens is 330 g/mol. The van der Waals surface area contributed by atoms with Crippen LogP contribution in [0.1, 0.15) is 48.4 Å². The van der Waals surface area contributed by atoms with Crippen LogP contribution in [0.3, 0.4) is 0 Å². The molecule has 0 saturated carbocycles. The van der Waals surface area contributed by atoms with E-state index in [0.717, 1.165) is 15.7 Å². The second-order valence-corrected chi connectivity index (χ2v) is 7.22. The van der Waals surface area contributed by atoms with Crippen LogP contribution in [0.4, 0.5) is 9.80 Å². The number of hydrogen-bond acceptors (Lipinski definition) is 7. The molecule has 9 heteroatoms. The SMILES string of the molecule is Cc1nc(C)c(NC(=O)N2CCO[C@@H](c3nnc(C(C)C)o3)C2)s1. The Bertz CT molecular complexity index is 727. The normalized spacial score (nSPS) is 18.2. The number of amides is 2. The molecule has 130 valence electrons. The van der Waals surface area contributed by atoms with Crippen molar-refractivity contribution >= 4 is 22.4 Å². The van der Waals surface area contributed by atoms with Gasteiger partial charge in [-0.05, 0) is 13.8 Å². The van der Waals surface area contributed by atoms with Crippen LogP contribution >= 0.6 is 11.3 Å². The maximum atomic E-state index is 12.5. The Labute approximate surface area is 144 Å². The van der Waals surface area contributed by atoms with Gasteiger partial charge in [0.15, 0.2) is 6.10 Å². The summed E-state index contributed by atoms with van der Waals surface area (Å²) < 4.78 is 11.3. The Hall–Kier alpha value is -2.00. The number of nitrogens with one attached hydrogen (secondary N) is 1. The van der Waals surface area contributed by atoms with E-state index in [1.54, 1.807) is 4.90 Å². The van der Waals surface area contributed by atoms with Gasteiger partial charge in [-0.2, -0.15) is 0 Å². The first kappa shape index (κ1) is 16.8. The molecule has 2 aromatic rings. The zero-order chi connectivity index (χ0) is 17.3. The van der Waals surface area contributed by atoms with E-state index in [-0.39, 0.29) is 11.9 Å². The van der Waals surface area contributed by atoms with Crippen molar-refractivity contribution in [2.75, 3.05) is 25.0 Å². The molecule has 0 aliphatic carbocycles. The summed E-state index contributed by atoms with van der Waals surface area (Å²) in [6, 6.07) is -0.168. The highest BCUT2D eigenvalue weighted by atomic mass is 32.1. The molecule has 2 amide bonds. The van der Waals surface area contributed by atoms with Crippen LogP contribution in [-0.2, 0) is 4.74 Å². The number of ether oxygens (including phenoxy) is 1. The third kappa shape index (κ3) is 3.57. The molecule has 0 unspecified atom stereocenters. The minimum atomic E-state index is -0.395. The van der Waals surface area contributed by atoms with E-state index < -0.39 is 6.10 Å². The van der Waals surface area contributed by atoms with Crippen molar-refractivity contribution in [1.29, 1.82) is 0 Å². The Morgan fingerprint density at radius 3 is 2.79 bits per heavy atom. The third-order valence-corrected chi connectivity index (χ3v) is 4.69. The molecule has 1 N–H and O–H groups in total. The van der Waals surface area contributed by atoms with Crippen molar-refractivity contribution in [3.63, 3.8) is 0 Å². The largest absolute Gasteiger partial charge is 0.422 e. The van der Waals surface area contributed by atoms with Crippen molar-refractivity contribution in [3.8, 4) is 0 Å². The Morgan fingerprint density at radius 1 is 1.38 bits per heavy atom. The summed E-state index contributed by atoms with van der Waals surface area (Å²) in [6.07, 6.45) is -0.395. The average molecular weight is 351 g/mol. The van der Waals surface area contributed by atoms with Gasteiger partial charge in [-0.3, -0.25) is 5.32 Å². The van der Waals surface area contributed by atoms with Gasteiger partial charge >= 0.3 is 6.03 Å². The van der Waals surface area contributed by atoms with E-state index >= 15 is 0 Å². The second-order valence-electron chi connectivity index (χ2n) is 6.02. The number of nitrogens with zero attached hydrogens (tertiary/aromatic N) is 4. The molecule has 24 heavy (non-hydrogen) atoms. The van der Waals surface area contributed by atoms with Crippen LogP contribution in [-0.4, -0.2) is 45.8 Å². The Kier molecular flexibility index (Phi) is 4.81. The molecule has 0 bridgehead atoms. The van der Waals surface area contributed by atoms with Gasteiger partial charge in [0, 0.05) is 12.5 Å². The maximum absolute atomic E-state index is 12.5. The van der Waals surface area contributed by atoms with Gasteiger partial charge < -0.3 is 14.1 Å². The highest BCUT2D eigenvalue weighted by molar-refractivity contribution is 7.16. The van der Waals surface area contributed by atoms with Gasteiger partial charge in [-0.25, -0.2) is 9.78 Å². The second kappa shape index (κ2) is 6.86. The minimum Gasteiger partial charge on any atom is -0.422 e. The van der Waals surface area contributed by atoms with E-state index in [2.05, 4.69) is 20.5 Å². The molecule has 1 fully saturated rings. The fraction of sp³-hybridized carbons (Fsp3) is 0.600. The molecule has 0 aromatic carbocycles. The zero-order valence-electron chi connectivity index (χ0n) is 14.2. The van der Waals surface area contributed by atoms with E-state index in [9.17, 15) is 4.79 Å². The number of aromatic nitrogens is 3. The molecule has 0 spiro atoms. The Balaban J connectivity index is 1.66. The lowest BCUT2D eigenvalue weighted by Crippen LogP contribution is -2.44. The summed E-state index contributed by atoms with van der Waals surface area (Å²) >= 11 is 1.47. The first-order chi connectivity index (χ1) is 11.4. The van der Waals surface area contributed by atoms with E-state index in [1.807, 2.05) is 27.7 Å². The Morgan fingerprint density at radius 2 is 2.17 bits per heavy atom. The van der Waals surface area contributed by atoms with Gasteiger partial charge in [0.25, 0.3) is 0 Å². The number of hydrogen-bond donors (Lipinski definition) is 1. The summed E-state index contributed by atoms with van der Waals surface area (Å²) in [4.78, 5) is 18.5. The average Bonchev–Trinajstić information content (AvgIpc) is 3.15. The molecule has 1 aliphatic heterocycles. The number of anilines is 1. The standard InChI is InChI=1S/C15H21N5O3S/c1-8(2)12-18-19-13(23-12)11-7-20(5-6-22-11)15(21)17-14-9(3)16-10(4)24-14/h8,11H,5-7H2,1-4H3,(H,17,21)/t11-/m1/s1. The highest BCUT2D eigenvalue weighted by Crippen LogP contribution is 2.26. The quantitative estimate of drug-likeness (QED) is 0.914. The smallest absolute Gasteiger partial charge is 0.322 e. The lowest BCUT2D eigenvalue weighted by molar-refractivity contribution is -0.0276. The maximum Gasteiger partial charge on any atom is 0.322 e. The van der Waals surface area contributed by atoms with Gasteiger partial charge in [0.05, 0.1) is 23.9 Å². The van der Waals surface area contributed by atoms with Gasteiger partial charge in [0.1, 0.15) is 5.00 Å². The predicted octanol–water partition coefficient (Wildman–Crippen LogP) is 2.87. The predicted molar refractivity (Wildman–Crippen MR) is 89.3 cm³/mol. The third-order valence-electron chi connectivity index (χ3n) is 3.70. The van der Waals surface area contributed by atoms with Crippen molar-refractivity contribution in [1.82, 2.24) is 20.1 Å².